The predicted octanol–water partition coefficient (Wildman–Crippen LogP) is 4.36. The van der Waals surface area contributed by atoms with E-state index in [4.69, 9.17) is 16.3 Å². The van der Waals surface area contributed by atoms with Crippen LogP contribution in [0, 0.1) is 5.92 Å². The molecule has 3 nitrogen and oxygen atoms in total. The van der Waals surface area contributed by atoms with Crippen molar-refractivity contribution in [1.29, 1.82) is 0 Å². The summed E-state index contributed by atoms with van der Waals surface area (Å²) in [5.41, 5.74) is 1.97. The highest BCUT2D eigenvalue weighted by atomic mass is 35.5. The maximum absolute atomic E-state index is 5.98. The van der Waals surface area contributed by atoms with E-state index in [1.54, 1.807) is 6.20 Å². The van der Waals surface area contributed by atoms with E-state index in [0.29, 0.717) is 17.5 Å². The largest absolute Gasteiger partial charge is 0.382 e. The summed E-state index contributed by atoms with van der Waals surface area (Å²) >= 11 is 5.98. The molecule has 1 aromatic carbocycles. The molecular formula is C16H21ClN2O. The third-order valence-corrected chi connectivity index (χ3v) is 3.34. The topological polar surface area (TPSA) is 34.1 Å². The van der Waals surface area contributed by atoms with Crippen molar-refractivity contribution < 1.29 is 4.74 Å². The number of ether oxygens (including phenoxy) is 1. The normalized spacial score (nSPS) is 11.2. The fourth-order valence-electron chi connectivity index (χ4n) is 1.95. The number of halogens is 1. The molecule has 4 heteroatoms. The van der Waals surface area contributed by atoms with Crippen molar-refractivity contribution in [3.05, 3.63) is 35.5 Å². The second kappa shape index (κ2) is 7.46. The Morgan fingerprint density at radius 3 is 2.90 bits per heavy atom. The van der Waals surface area contributed by atoms with Crippen molar-refractivity contribution in [3.63, 3.8) is 0 Å². The van der Waals surface area contributed by atoms with Crippen LogP contribution in [-0.2, 0) is 4.74 Å². The van der Waals surface area contributed by atoms with Crippen LogP contribution in [0.3, 0.4) is 0 Å². The van der Waals surface area contributed by atoms with E-state index in [1.807, 2.05) is 24.3 Å². The highest BCUT2D eigenvalue weighted by Crippen LogP contribution is 2.24. The van der Waals surface area contributed by atoms with Crippen LogP contribution in [0.4, 0.5) is 5.69 Å². The summed E-state index contributed by atoms with van der Waals surface area (Å²) in [6, 6.07) is 7.73. The molecule has 0 aliphatic rings. The fourth-order valence-corrected chi connectivity index (χ4v) is 2.12. The Labute approximate surface area is 125 Å². The van der Waals surface area contributed by atoms with Crippen molar-refractivity contribution in [1.82, 2.24) is 4.98 Å². The van der Waals surface area contributed by atoms with Gasteiger partial charge < -0.3 is 10.1 Å². The zero-order valence-electron chi connectivity index (χ0n) is 12.0. The summed E-state index contributed by atoms with van der Waals surface area (Å²) in [5, 5.41) is 5.18. The van der Waals surface area contributed by atoms with Crippen LogP contribution in [0.25, 0.3) is 10.9 Å². The van der Waals surface area contributed by atoms with Crippen LogP contribution in [0.2, 0.25) is 5.02 Å². The molecule has 2 rings (SSSR count). The quantitative estimate of drug-likeness (QED) is 0.770. The Morgan fingerprint density at radius 2 is 2.10 bits per heavy atom. The highest BCUT2D eigenvalue weighted by Gasteiger charge is 2.02. The van der Waals surface area contributed by atoms with Gasteiger partial charge in [0.1, 0.15) is 0 Å². The van der Waals surface area contributed by atoms with Gasteiger partial charge in [-0.3, -0.25) is 4.98 Å². The Bertz CT molecular complexity index is 557. The molecule has 1 N–H and O–H groups in total. The molecule has 0 fully saturated rings. The molecule has 0 saturated carbocycles. The average molecular weight is 293 g/mol. The Hall–Kier alpha value is -1.32. The number of hydrogen-bond donors (Lipinski definition) is 1. The van der Waals surface area contributed by atoms with Gasteiger partial charge in [0, 0.05) is 35.4 Å². The maximum atomic E-state index is 5.98. The molecule has 0 spiro atoms. The van der Waals surface area contributed by atoms with Crippen molar-refractivity contribution in [2.45, 2.75) is 20.3 Å². The Balaban J connectivity index is 1.87. The number of fused-ring (bicyclic) bond motifs is 1. The van der Waals surface area contributed by atoms with E-state index < -0.39 is 0 Å². The van der Waals surface area contributed by atoms with Gasteiger partial charge in [-0.25, -0.2) is 0 Å². The summed E-state index contributed by atoms with van der Waals surface area (Å²) in [6.45, 7) is 6.74. The van der Waals surface area contributed by atoms with E-state index >= 15 is 0 Å². The lowest BCUT2D eigenvalue weighted by atomic mass is 10.1. The van der Waals surface area contributed by atoms with Crippen LogP contribution >= 0.6 is 11.6 Å². The van der Waals surface area contributed by atoms with E-state index in [-0.39, 0.29) is 0 Å². The van der Waals surface area contributed by atoms with E-state index in [1.165, 1.54) is 0 Å². The number of aromatic nitrogens is 1. The molecule has 0 unspecified atom stereocenters. The van der Waals surface area contributed by atoms with Crippen LogP contribution in [0.5, 0.6) is 0 Å². The first-order valence-corrected chi connectivity index (χ1v) is 7.40. The molecule has 0 atom stereocenters. The van der Waals surface area contributed by atoms with Crippen molar-refractivity contribution in [2.75, 3.05) is 25.1 Å². The molecule has 108 valence electrons. The van der Waals surface area contributed by atoms with Gasteiger partial charge in [0.25, 0.3) is 0 Å². The van der Waals surface area contributed by atoms with Gasteiger partial charge in [0.05, 0.1) is 12.1 Å². The van der Waals surface area contributed by atoms with Crippen molar-refractivity contribution in [2.24, 2.45) is 5.92 Å². The lowest BCUT2D eigenvalue weighted by Gasteiger charge is -2.10. The van der Waals surface area contributed by atoms with Gasteiger partial charge in [-0.2, -0.15) is 0 Å². The van der Waals surface area contributed by atoms with Gasteiger partial charge >= 0.3 is 0 Å². The van der Waals surface area contributed by atoms with E-state index in [9.17, 15) is 0 Å². The summed E-state index contributed by atoms with van der Waals surface area (Å²) in [7, 11) is 0. The van der Waals surface area contributed by atoms with E-state index in [0.717, 1.165) is 36.2 Å². The molecule has 1 heterocycles. The smallest absolute Gasteiger partial charge is 0.0737 e. The number of hydrogen-bond acceptors (Lipinski definition) is 3. The fraction of sp³-hybridized carbons (Fsp3) is 0.438. The van der Waals surface area contributed by atoms with Crippen LogP contribution in [0.1, 0.15) is 20.3 Å². The highest BCUT2D eigenvalue weighted by molar-refractivity contribution is 6.31. The molecule has 20 heavy (non-hydrogen) atoms. The maximum Gasteiger partial charge on any atom is 0.0737 e. The second-order valence-electron chi connectivity index (χ2n) is 5.24. The van der Waals surface area contributed by atoms with Gasteiger partial charge in [-0.1, -0.05) is 25.4 Å². The minimum Gasteiger partial charge on any atom is -0.382 e. The Morgan fingerprint density at radius 1 is 1.25 bits per heavy atom. The molecule has 2 aromatic rings. The lowest BCUT2D eigenvalue weighted by Crippen LogP contribution is -2.11. The zero-order chi connectivity index (χ0) is 14.4. The molecule has 0 bridgehead atoms. The van der Waals surface area contributed by atoms with Crippen LogP contribution < -0.4 is 5.32 Å². The number of anilines is 1. The zero-order valence-corrected chi connectivity index (χ0v) is 12.8. The predicted molar refractivity (Wildman–Crippen MR) is 85.5 cm³/mol. The molecule has 0 aliphatic carbocycles. The molecule has 0 aliphatic heterocycles. The number of nitrogens with zero attached hydrogens (tertiary/aromatic N) is 1. The third-order valence-electron chi connectivity index (χ3n) is 3.11. The first-order valence-electron chi connectivity index (χ1n) is 7.02. The van der Waals surface area contributed by atoms with Crippen molar-refractivity contribution >= 4 is 28.2 Å². The molecule has 0 saturated heterocycles. The number of rotatable bonds is 7. The minimum atomic E-state index is 0.692. The molecule has 0 amide bonds. The lowest BCUT2D eigenvalue weighted by molar-refractivity contribution is 0.133. The SMILES string of the molecule is CC(C)CCOCCNc1ccnc2cc(Cl)ccc12. The van der Waals surface area contributed by atoms with Gasteiger partial charge in [0.2, 0.25) is 0 Å². The summed E-state index contributed by atoms with van der Waals surface area (Å²) in [6.07, 6.45) is 2.90. The third kappa shape index (κ3) is 4.36. The van der Waals surface area contributed by atoms with Crippen LogP contribution in [-0.4, -0.2) is 24.7 Å². The molecular weight excluding hydrogens is 272 g/mol. The molecule has 0 radical (unpaired) electrons. The monoisotopic (exact) mass is 292 g/mol. The van der Waals surface area contributed by atoms with Gasteiger partial charge in [-0.15, -0.1) is 0 Å². The average Bonchev–Trinajstić information content (AvgIpc) is 2.42. The standard InChI is InChI=1S/C16H21ClN2O/c1-12(2)6-9-20-10-8-19-15-5-7-18-16-11-13(17)3-4-14(15)16/h3-5,7,11-12H,6,8-10H2,1-2H3,(H,18,19). The first kappa shape index (κ1) is 15.1. The summed E-state index contributed by atoms with van der Waals surface area (Å²) < 4.78 is 5.60. The van der Waals surface area contributed by atoms with Crippen LogP contribution in [0.15, 0.2) is 30.5 Å². The number of nitrogens with one attached hydrogen (secondary N) is 1. The summed E-state index contributed by atoms with van der Waals surface area (Å²) in [4.78, 5) is 4.32. The first-order chi connectivity index (χ1) is 9.66. The van der Waals surface area contributed by atoms with Gasteiger partial charge in [-0.05, 0) is 36.6 Å². The minimum absolute atomic E-state index is 0.692. The van der Waals surface area contributed by atoms with Gasteiger partial charge in [0.15, 0.2) is 0 Å². The number of pyridine rings is 1. The second-order valence-corrected chi connectivity index (χ2v) is 5.68. The van der Waals surface area contributed by atoms with Crippen molar-refractivity contribution in [3.8, 4) is 0 Å². The summed E-state index contributed by atoms with van der Waals surface area (Å²) in [5.74, 6) is 0.692. The Kier molecular flexibility index (Phi) is 5.62. The van der Waals surface area contributed by atoms with E-state index in [2.05, 4.69) is 24.1 Å². The number of benzene rings is 1. The molecule has 1 aromatic heterocycles.